The van der Waals surface area contributed by atoms with E-state index in [4.69, 9.17) is 16.3 Å². The molecule has 2 N–H and O–H groups in total. The smallest absolute Gasteiger partial charge is 0.322 e. The van der Waals surface area contributed by atoms with Crippen molar-refractivity contribution in [1.29, 1.82) is 0 Å². The average molecular weight is 343 g/mol. The molecule has 122 valence electrons. The molecule has 0 amide bonds. The van der Waals surface area contributed by atoms with Gasteiger partial charge in [0.25, 0.3) is 0 Å². The van der Waals surface area contributed by atoms with Crippen molar-refractivity contribution in [3.63, 3.8) is 0 Å². The minimum absolute atomic E-state index is 0.218. The normalized spacial score (nSPS) is 10.2. The van der Waals surface area contributed by atoms with Gasteiger partial charge >= 0.3 is 6.01 Å². The second kappa shape index (κ2) is 7.56. The van der Waals surface area contributed by atoms with Crippen molar-refractivity contribution >= 4 is 29.2 Å². The predicted molar refractivity (Wildman–Crippen MR) is 92.7 cm³/mol. The van der Waals surface area contributed by atoms with Crippen molar-refractivity contribution in [2.24, 2.45) is 0 Å². The highest BCUT2D eigenvalue weighted by Crippen LogP contribution is 2.19. The van der Waals surface area contributed by atoms with E-state index in [2.05, 4.69) is 30.6 Å². The van der Waals surface area contributed by atoms with E-state index >= 15 is 0 Å². The maximum atomic E-state index is 5.88. The summed E-state index contributed by atoms with van der Waals surface area (Å²) in [5, 5.41) is 6.88. The van der Waals surface area contributed by atoms with Crippen LogP contribution in [0.4, 0.5) is 17.6 Å². The zero-order valence-electron chi connectivity index (χ0n) is 12.9. The zero-order chi connectivity index (χ0) is 16.8. The van der Waals surface area contributed by atoms with Gasteiger partial charge in [-0.05, 0) is 35.9 Å². The van der Waals surface area contributed by atoms with Gasteiger partial charge in [0.1, 0.15) is 0 Å². The molecule has 3 rings (SSSR count). The summed E-state index contributed by atoms with van der Waals surface area (Å²) in [6.45, 7) is 0.543. The number of hydrogen-bond acceptors (Lipinski definition) is 7. The third-order valence-corrected chi connectivity index (χ3v) is 3.32. The van der Waals surface area contributed by atoms with Crippen molar-refractivity contribution in [2.75, 3.05) is 17.7 Å². The Bertz CT molecular complexity index is 797. The van der Waals surface area contributed by atoms with Crippen LogP contribution in [0, 0.1) is 0 Å². The van der Waals surface area contributed by atoms with Gasteiger partial charge in [0.05, 0.1) is 7.11 Å². The number of benzene rings is 1. The Hall–Kier alpha value is -2.93. The third kappa shape index (κ3) is 4.30. The summed E-state index contributed by atoms with van der Waals surface area (Å²) in [4.78, 5) is 16.8. The molecular formula is C16H15ClN6O. The first-order valence-electron chi connectivity index (χ1n) is 7.18. The van der Waals surface area contributed by atoms with Gasteiger partial charge < -0.3 is 15.4 Å². The number of aromatic nitrogens is 4. The fraction of sp³-hybridized carbons (Fsp3) is 0.125. The molecule has 0 saturated carbocycles. The zero-order valence-corrected chi connectivity index (χ0v) is 13.7. The van der Waals surface area contributed by atoms with Crippen LogP contribution >= 0.6 is 11.6 Å². The maximum Gasteiger partial charge on any atom is 0.322 e. The van der Waals surface area contributed by atoms with E-state index in [0.717, 1.165) is 11.3 Å². The van der Waals surface area contributed by atoms with Gasteiger partial charge in [-0.2, -0.15) is 15.0 Å². The Morgan fingerprint density at radius 3 is 2.54 bits per heavy atom. The fourth-order valence-electron chi connectivity index (χ4n) is 1.93. The average Bonchev–Trinajstić information content (AvgIpc) is 2.62. The quantitative estimate of drug-likeness (QED) is 0.711. The molecule has 3 aromatic rings. The van der Waals surface area contributed by atoms with Gasteiger partial charge in [-0.1, -0.05) is 17.7 Å². The largest absolute Gasteiger partial charge is 0.467 e. The summed E-state index contributed by atoms with van der Waals surface area (Å²) in [5.74, 6) is 0.778. The number of rotatable bonds is 6. The summed E-state index contributed by atoms with van der Waals surface area (Å²) < 4.78 is 5.13. The Morgan fingerprint density at radius 2 is 1.83 bits per heavy atom. The molecule has 2 heterocycles. The highest BCUT2D eigenvalue weighted by atomic mass is 35.5. The van der Waals surface area contributed by atoms with Gasteiger partial charge in [0.2, 0.25) is 11.9 Å². The number of nitrogens with zero attached hydrogens (tertiary/aromatic N) is 4. The molecule has 0 atom stereocenters. The molecule has 0 fully saturated rings. The van der Waals surface area contributed by atoms with E-state index in [-0.39, 0.29) is 6.01 Å². The van der Waals surface area contributed by atoms with Gasteiger partial charge in [-0.25, -0.2) is 0 Å². The molecule has 0 spiro atoms. The Kier molecular flexibility index (Phi) is 5.02. The molecule has 0 aliphatic heterocycles. The summed E-state index contributed by atoms with van der Waals surface area (Å²) in [6.07, 6.45) is 3.50. The first-order valence-corrected chi connectivity index (χ1v) is 7.56. The maximum absolute atomic E-state index is 5.88. The molecule has 0 saturated heterocycles. The number of ether oxygens (including phenoxy) is 1. The molecule has 0 radical (unpaired) electrons. The van der Waals surface area contributed by atoms with Gasteiger partial charge in [-0.15, -0.1) is 0 Å². The number of methoxy groups -OCH3 is 1. The molecule has 0 bridgehead atoms. The summed E-state index contributed by atoms with van der Waals surface area (Å²) >= 11 is 5.88. The van der Waals surface area contributed by atoms with E-state index in [0.29, 0.717) is 23.5 Å². The van der Waals surface area contributed by atoms with E-state index in [1.54, 1.807) is 24.5 Å². The Labute approximate surface area is 144 Å². The fourth-order valence-corrected chi connectivity index (χ4v) is 2.05. The minimum Gasteiger partial charge on any atom is -0.467 e. The van der Waals surface area contributed by atoms with Crippen molar-refractivity contribution in [2.45, 2.75) is 6.54 Å². The third-order valence-electron chi connectivity index (χ3n) is 3.07. The molecule has 24 heavy (non-hydrogen) atoms. The molecule has 8 heteroatoms. The van der Waals surface area contributed by atoms with Crippen LogP contribution in [0.25, 0.3) is 0 Å². The number of hydrogen-bond donors (Lipinski definition) is 2. The van der Waals surface area contributed by atoms with Crippen LogP contribution in [0.1, 0.15) is 5.56 Å². The molecule has 2 aromatic heterocycles. The molecule has 0 unspecified atom stereocenters. The molecule has 0 aliphatic rings. The van der Waals surface area contributed by atoms with Crippen molar-refractivity contribution in [3.05, 3.63) is 59.4 Å². The van der Waals surface area contributed by atoms with Crippen molar-refractivity contribution < 1.29 is 4.74 Å². The number of anilines is 3. The van der Waals surface area contributed by atoms with Crippen LogP contribution in [0.2, 0.25) is 5.02 Å². The SMILES string of the molecule is COc1nc(NCc2cccnc2)nc(Nc2ccc(Cl)cc2)n1. The van der Waals surface area contributed by atoms with Crippen LogP contribution in [0.3, 0.4) is 0 Å². The Morgan fingerprint density at radius 1 is 1.04 bits per heavy atom. The topological polar surface area (TPSA) is 84.8 Å². The second-order valence-corrected chi connectivity index (χ2v) is 5.25. The first kappa shape index (κ1) is 15.9. The molecule has 1 aromatic carbocycles. The van der Waals surface area contributed by atoms with E-state index in [1.165, 1.54) is 7.11 Å². The van der Waals surface area contributed by atoms with Crippen molar-refractivity contribution in [1.82, 2.24) is 19.9 Å². The standard InChI is InChI=1S/C16H15ClN6O/c1-24-16-22-14(19-10-11-3-2-8-18-9-11)21-15(23-16)20-13-6-4-12(17)5-7-13/h2-9H,10H2,1H3,(H2,19,20,21,22,23). The summed E-state index contributed by atoms with van der Waals surface area (Å²) in [6, 6.07) is 11.3. The lowest BCUT2D eigenvalue weighted by Gasteiger charge is -2.09. The van der Waals surface area contributed by atoms with E-state index in [1.807, 2.05) is 24.3 Å². The lowest BCUT2D eigenvalue weighted by Crippen LogP contribution is -2.08. The van der Waals surface area contributed by atoms with Crippen LogP contribution < -0.4 is 15.4 Å². The van der Waals surface area contributed by atoms with Gasteiger partial charge in [0, 0.05) is 29.6 Å². The van der Waals surface area contributed by atoms with Crippen LogP contribution in [-0.4, -0.2) is 27.0 Å². The Balaban J connectivity index is 1.76. The minimum atomic E-state index is 0.218. The monoisotopic (exact) mass is 342 g/mol. The predicted octanol–water partition coefficient (Wildman–Crippen LogP) is 3.28. The number of halogens is 1. The van der Waals surface area contributed by atoms with Crippen molar-refractivity contribution in [3.8, 4) is 6.01 Å². The number of pyridine rings is 1. The lowest BCUT2D eigenvalue weighted by molar-refractivity contribution is 0.379. The van der Waals surface area contributed by atoms with Gasteiger partial charge in [0.15, 0.2) is 0 Å². The lowest BCUT2D eigenvalue weighted by atomic mass is 10.3. The first-order chi connectivity index (χ1) is 11.7. The van der Waals surface area contributed by atoms with Gasteiger partial charge in [-0.3, -0.25) is 4.98 Å². The van der Waals surface area contributed by atoms with Crippen LogP contribution in [-0.2, 0) is 6.54 Å². The van der Waals surface area contributed by atoms with Crippen LogP contribution in [0.5, 0.6) is 6.01 Å². The van der Waals surface area contributed by atoms with E-state index in [9.17, 15) is 0 Å². The molecule has 7 nitrogen and oxygen atoms in total. The van der Waals surface area contributed by atoms with E-state index < -0.39 is 0 Å². The summed E-state index contributed by atoms with van der Waals surface area (Å²) in [5.41, 5.74) is 1.83. The molecular weight excluding hydrogens is 328 g/mol. The second-order valence-electron chi connectivity index (χ2n) is 4.82. The highest BCUT2D eigenvalue weighted by molar-refractivity contribution is 6.30. The summed E-state index contributed by atoms with van der Waals surface area (Å²) in [7, 11) is 1.51. The molecule has 0 aliphatic carbocycles. The number of nitrogens with one attached hydrogen (secondary N) is 2. The highest BCUT2D eigenvalue weighted by Gasteiger charge is 2.07. The van der Waals surface area contributed by atoms with Crippen LogP contribution in [0.15, 0.2) is 48.8 Å².